The largest absolute Gasteiger partial charge is 0.465 e. The SMILES string of the molecule is NCCCCCCCCCCCCOCc1ccc(NC(=O)O)cc1. The summed E-state index contributed by atoms with van der Waals surface area (Å²) in [4.78, 5) is 10.5. The van der Waals surface area contributed by atoms with E-state index in [9.17, 15) is 4.79 Å². The maximum Gasteiger partial charge on any atom is 0.409 e. The predicted molar refractivity (Wildman–Crippen MR) is 103 cm³/mol. The number of nitrogens with two attached hydrogens (primary N) is 1. The van der Waals surface area contributed by atoms with Gasteiger partial charge in [-0.1, -0.05) is 63.5 Å². The van der Waals surface area contributed by atoms with Crippen LogP contribution >= 0.6 is 0 Å². The van der Waals surface area contributed by atoms with Gasteiger partial charge in [-0.15, -0.1) is 0 Å². The first-order valence-electron chi connectivity index (χ1n) is 9.59. The zero-order valence-corrected chi connectivity index (χ0v) is 15.3. The molecule has 1 rings (SSSR count). The molecule has 0 aliphatic rings. The normalized spacial score (nSPS) is 10.8. The lowest BCUT2D eigenvalue weighted by molar-refractivity contribution is 0.116. The summed E-state index contributed by atoms with van der Waals surface area (Å²) in [7, 11) is 0. The highest BCUT2D eigenvalue weighted by molar-refractivity contribution is 5.82. The zero-order chi connectivity index (χ0) is 18.2. The fraction of sp³-hybridized carbons (Fsp3) is 0.650. The highest BCUT2D eigenvalue weighted by Gasteiger charge is 1.99. The number of nitrogens with one attached hydrogen (secondary N) is 1. The third-order valence-electron chi connectivity index (χ3n) is 4.22. The zero-order valence-electron chi connectivity index (χ0n) is 15.3. The second kappa shape index (κ2) is 14.7. The molecule has 5 heteroatoms. The van der Waals surface area contributed by atoms with E-state index < -0.39 is 6.09 Å². The van der Waals surface area contributed by atoms with Crippen molar-refractivity contribution in [3.8, 4) is 0 Å². The van der Waals surface area contributed by atoms with E-state index in [2.05, 4.69) is 5.32 Å². The van der Waals surface area contributed by atoms with Crippen molar-refractivity contribution in [2.24, 2.45) is 5.73 Å². The second-order valence-corrected chi connectivity index (χ2v) is 6.50. The van der Waals surface area contributed by atoms with Crippen LogP contribution in [0, 0.1) is 0 Å². The number of benzene rings is 1. The molecule has 0 radical (unpaired) electrons. The maximum atomic E-state index is 10.5. The van der Waals surface area contributed by atoms with Crippen LogP contribution in [0.1, 0.15) is 69.8 Å². The molecule has 0 aliphatic heterocycles. The van der Waals surface area contributed by atoms with Gasteiger partial charge >= 0.3 is 6.09 Å². The molecule has 0 aromatic heterocycles. The molecule has 0 unspecified atom stereocenters. The van der Waals surface area contributed by atoms with Gasteiger partial charge in [0.2, 0.25) is 0 Å². The van der Waals surface area contributed by atoms with Gasteiger partial charge in [-0.25, -0.2) is 4.79 Å². The first kappa shape index (κ1) is 21.5. The molecule has 1 aromatic rings. The van der Waals surface area contributed by atoms with Crippen molar-refractivity contribution >= 4 is 11.8 Å². The summed E-state index contributed by atoms with van der Waals surface area (Å²) < 4.78 is 5.68. The van der Waals surface area contributed by atoms with Gasteiger partial charge in [-0.2, -0.15) is 0 Å². The fourth-order valence-corrected chi connectivity index (χ4v) is 2.76. The van der Waals surface area contributed by atoms with Gasteiger partial charge in [-0.3, -0.25) is 5.32 Å². The highest BCUT2D eigenvalue weighted by atomic mass is 16.5. The van der Waals surface area contributed by atoms with Crippen molar-refractivity contribution in [2.75, 3.05) is 18.5 Å². The summed E-state index contributed by atoms with van der Waals surface area (Å²) in [6, 6.07) is 7.28. The van der Waals surface area contributed by atoms with Crippen LogP contribution in [0.15, 0.2) is 24.3 Å². The Labute approximate surface area is 151 Å². The summed E-state index contributed by atoms with van der Waals surface area (Å²) in [5, 5.41) is 11.0. The molecular weight excluding hydrogens is 316 g/mol. The smallest absolute Gasteiger partial charge is 0.409 e. The molecule has 0 bridgehead atoms. The summed E-state index contributed by atoms with van der Waals surface area (Å²) in [6.45, 7) is 2.19. The van der Waals surface area contributed by atoms with Crippen LogP contribution in [0.25, 0.3) is 0 Å². The van der Waals surface area contributed by atoms with Crippen molar-refractivity contribution in [1.82, 2.24) is 0 Å². The molecule has 0 saturated heterocycles. The average molecular weight is 351 g/mol. The molecule has 0 heterocycles. The molecule has 142 valence electrons. The van der Waals surface area contributed by atoms with Crippen LogP contribution in [0.4, 0.5) is 10.5 Å². The third kappa shape index (κ3) is 12.4. The Bertz CT molecular complexity index is 449. The molecule has 0 saturated carbocycles. The molecule has 0 aliphatic carbocycles. The molecule has 0 atom stereocenters. The first-order chi connectivity index (χ1) is 12.2. The highest BCUT2D eigenvalue weighted by Crippen LogP contribution is 2.12. The first-order valence-corrected chi connectivity index (χ1v) is 9.59. The number of ether oxygens (including phenoxy) is 1. The van der Waals surface area contributed by atoms with Crippen molar-refractivity contribution in [1.29, 1.82) is 0 Å². The Kier molecular flexibility index (Phi) is 12.6. The lowest BCUT2D eigenvalue weighted by Gasteiger charge is -2.06. The van der Waals surface area contributed by atoms with Gasteiger partial charge in [0.15, 0.2) is 0 Å². The quantitative estimate of drug-likeness (QED) is 0.382. The monoisotopic (exact) mass is 350 g/mol. The molecule has 0 fully saturated rings. The summed E-state index contributed by atoms with van der Waals surface area (Å²) in [6.07, 6.45) is 11.8. The standard InChI is InChI=1S/C20H34N2O3/c21-15-9-7-5-3-1-2-4-6-8-10-16-25-17-18-11-13-19(14-12-18)22-20(23)24/h11-14,22H,1-10,15-17,21H2,(H,23,24). The van der Waals surface area contributed by atoms with Crippen molar-refractivity contribution in [3.05, 3.63) is 29.8 Å². The summed E-state index contributed by atoms with van der Waals surface area (Å²) in [5.41, 5.74) is 7.12. The van der Waals surface area contributed by atoms with Crippen LogP contribution in [-0.4, -0.2) is 24.4 Å². The molecule has 1 amide bonds. The van der Waals surface area contributed by atoms with E-state index in [-0.39, 0.29) is 0 Å². The molecule has 0 spiro atoms. The van der Waals surface area contributed by atoms with Crippen LogP contribution in [-0.2, 0) is 11.3 Å². The van der Waals surface area contributed by atoms with Gasteiger partial charge in [0.25, 0.3) is 0 Å². The minimum atomic E-state index is -1.05. The number of anilines is 1. The molecule has 4 N–H and O–H groups in total. The number of rotatable bonds is 15. The van der Waals surface area contributed by atoms with Crippen LogP contribution in [0.2, 0.25) is 0 Å². The van der Waals surface area contributed by atoms with E-state index in [0.717, 1.165) is 25.1 Å². The minimum absolute atomic E-state index is 0.579. The van der Waals surface area contributed by atoms with Gasteiger partial charge in [0.05, 0.1) is 6.61 Å². The van der Waals surface area contributed by atoms with Crippen LogP contribution in [0.5, 0.6) is 0 Å². The van der Waals surface area contributed by atoms with E-state index in [1.807, 2.05) is 12.1 Å². The lowest BCUT2D eigenvalue weighted by Crippen LogP contribution is -2.07. The number of carboxylic acid groups (broad SMARTS) is 1. The van der Waals surface area contributed by atoms with Crippen LogP contribution in [0.3, 0.4) is 0 Å². The number of hydrogen-bond donors (Lipinski definition) is 3. The van der Waals surface area contributed by atoms with E-state index in [0.29, 0.717) is 12.3 Å². The fourth-order valence-electron chi connectivity index (χ4n) is 2.76. The van der Waals surface area contributed by atoms with Gasteiger partial charge in [0, 0.05) is 12.3 Å². The minimum Gasteiger partial charge on any atom is -0.465 e. The second-order valence-electron chi connectivity index (χ2n) is 6.50. The van der Waals surface area contributed by atoms with Gasteiger partial charge < -0.3 is 15.6 Å². The van der Waals surface area contributed by atoms with E-state index in [1.165, 1.54) is 57.8 Å². The maximum absolute atomic E-state index is 10.5. The number of carbonyl (C=O) groups is 1. The van der Waals surface area contributed by atoms with Crippen molar-refractivity contribution in [3.63, 3.8) is 0 Å². The Balaban J connectivity index is 1.89. The molecular formula is C20H34N2O3. The van der Waals surface area contributed by atoms with Crippen molar-refractivity contribution < 1.29 is 14.6 Å². The van der Waals surface area contributed by atoms with Crippen molar-refractivity contribution in [2.45, 2.75) is 70.8 Å². The summed E-state index contributed by atoms with van der Waals surface area (Å²) in [5.74, 6) is 0. The Hall–Kier alpha value is -1.59. The molecule has 1 aromatic carbocycles. The lowest BCUT2D eigenvalue weighted by atomic mass is 10.1. The van der Waals surface area contributed by atoms with E-state index >= 15 is 0 Å². The molecule has 25 heavy (non-hydrogen) atoms. The Morgan fingerprint density at radius 2 is 1.40 bits per heavy atom. The predicted octanol–water partition coefficient (Wildman–Crippen LogP) is 5.15. The van der Waals surface area contributed by atoms with Gasteiger partial charge in [0.1, 0.15) is 0 Å². The Morgan fingerprint density at radius 1 is 0.880 bits per heavy atom. The topological polar surface area (TPSA) is 84.6 Å². The van der Waals surface area contributed by atoms with Gasteiger partial charge in [-0.05, 0) is 37.1 Å². The number of hydrogen-bond acceptors (Lipinski definition) is 3. The number of amides is 1. The van der Waals surface area contributed by atoms with E-state index in [4.69, 9.17) is 15.6 Å². The Morgan fingerprint density at radius 3 is 1.92 bits per heavy atom. The molecule has 5 nitrogen and oxygen atoms in total. The third-order valence-corrected chi connectivity index (χ3v) is 4.22. The van der Waals surface area contributed by atoms with E-state index in [1.54, 1.807) is 12.1 Å². The average Bonchev–Trinajstić information content (AvgIpc) is 2.60. The van der Waals surface area contributed by atoms with Crippen LogP contribution < -0.4 is 11.1 Å². The summed E-state index contributed by atoms with van der Waals surface area (Å²) >= 11 is 0. The number of unbranched alkanes of at least 4 members (excludes halogenated alkanes) is 9.